The van der Waals surface area contributed by atoms with Gasteiger partial charge in [-0.15, -0.1) is 5.10 Å². The topological polar surface area (TPSA) is 73.9 Å². The van der Waals surface area contributed by atoms with Gasteiger partial charge in [0.15, 0.2) is 0 Å². The van der Waals surface area contributed by atoms with Gasteiger partial charge in [0.25, 0.3) is 0 Å². The van der Waals surface area contributed by atoms with Crippen LogP contribution in [0.4, 0.5) is 0 Å². The molecule has 0 unspecified atom stereocenters. The maximum Gasteiger partial charge on any atom is 0.100 e. The van der Waals surface area contributed by atoms with Crippen LogP contribution in [0, 0.1) is 0 Å². The minimum Gasteiger partial charge on any atom is -0.374 e. The maximum absolute atomic E-state index is 5.97. The average Bonchev–Trinajstić information content (AvgIpc) is 3.22. The number of hydrogen-bond acceptors (Lipinski definition) is 6. The second kappa shape index (κ2) is 7.35. The molecule has 0 aliphatic carbocycles. The molecule has 26 heavy (non-hydrogen) atoms. The minimum absolute atomic E-state index is 0.235. The predicted molar refractivity (Wildman–Crippen MR) is 95.0 cm³/mol. The molecule has 0 saturated carbocycles. The Labute approximate surface area is 152 Å². The maximum atomic E-state index is 5.97. The highest BCUT2D eigenvalue weighted by Gasteiger charge is 2.30. The first-order valence-corrected chi connectivity index (χ1v) is 8.75. The fraction of sp³-hybridized carbons (Fsp3) is 0.444. The van der Waals surface area contributed by atoms with E-state index in [0.717, 1.165) is 31.0 Å². The summed E-state index contributed by atoms with van der Waals surface area (Å²) in [5.74, 6) is 0.235. The van der Waals surface area contributed by atoms with Gasteiger partial charge in [-0.05, 0) is 12.1 Å². The number of aryl methyl sites for hydroxylation is 2. The van der Waals surface area contributed by atoms with Crippen molar-refractivity contribution in [3.8, 4) is 0 Å². The lowest BCUT2D eigenvalue weighted by Crippen LogP contribution is -2.36. The molecule has 8 nitrogen and oxygen atoms in total. The Morgan fingerprint density at radius 3 is 2.96 bits per heavy atom. The molecule has 4 rings (SSSR count). The summed E-state index contributed by atoms with van der Waals surface area (Å²) in [6, 6.07) is 5.87. The van der Waals surface area contributed by atoms with Crippen molar-refractivity contribution in [2.24, 2.45) is 14.1 Å². The molecular formula is C18H23N7O. The fourth-order valence-corrected chi connectivity index (χ4v) is 3.55. The van der Waals surface area contributed by atoms with E-state index in [4.69, 9.17) is 4.74 Å². The Hall–Kier alpha value is -2.58. The van der Waals surface area contributed by atoms with Gasteiger partial charge in [-0.1, -0.05) is 11.3 Å². The van der Waals surface area contributed by atoms with Gasteiger partial charge in [0.05, 0.1) is 30.8 Å². The van der Waals surface area contributed by atoms with Crippen LogP contribution in [0.3, 0.4) is 0 Å². The highest BCUT2D eigenvalue weighted by molar-refractivity contribution is 5.20. The highest BCUT2D eigenvalue weighted by Crippen LogP contribution is 2.28. The first kappa shape index (κ1) is 16.9. The lowest BCUT2D eigenvalue weighted by atomic mass is 9.98. The molecule has 8 heteroatoms. The largest absolute Gasteiger partial charge is 0.374 e. The highest BCUT2D eigenvalue weighted by atomic mass is 16.5. The van der Waals surface area contributed by atoms with Crippen molar-refractivity contribution in [1.82, 2.24) is 34.7 Å². The van der Waals surface area contributed by atoms with Crippen LogP contribution in [0.25, 0.3) is 0 Å². The van der Waals surface area contributed by atoms with E-state index in [1.165, 1.54) is 11.3 Å². The van der Waals surface area contributed by atoms with Crippen molar-refractivity contribution in [3.63, 3.8) is 0 Å². The van der Waals surface area contributed by atoms with Crippen LogP contribution in [-0.2, 0) is 38.5 Å². The van der Waals surface area contributed by atoms with Crippen molar-refractivity contribution in [1.29, 1.82) is 0 Å². The molecular weight excluding hydrogens is 330 g/mol. The molecule has 1 aliphatic rings. The molecule has 136 valence electrons. The Morgan fingerprint density at radius 2 is 2.19 bits per heavy atom. The van der Waals surface area contributed by atoms with Gasteiger partial charge in [-0.25, -0.2) is 0 Å². The quantitative estimate of drug-likeness (QED) is 0.664. The Kier molecular flexibility index (Phi) is 4.77. The number of rotatable bonds is 6. The summed E-state index contributed by atoms with van der Waals surface area (Å²) in [5, 5.41) is 12.8. The van der Waals surface area contributed by atoms with E-state index in [1.54, 1.807) is 6.20 Å². The summed E-state index contributed by atoms with van der Waals surface area (Å²) >= 11 is 0. The zero-order valence-corrected chi connectivity index (χ0v) is 15.1. The van der Waals surface area contributed by atoms with Crippen LogP contribution in [0.15, 0.2) is 36.8 Å². The second-order valence-corrected chi connectivity index (χ2v) is 6.77. The van der Waals surface area contributed by atoms with Gasteiger partial charge in [0, 0.05) is 57.6 Å². The van der Waals surface area contributed by atoms with Crippen LogP contribution in [-0.4, -0.2) is 47.8 Å². The molecule has 0 fully saturated rings. The fourth-order valence-electron chi connectivity index (χ4n) is 3.55. The van der Waals surface area contributed by atoms with Crippen molar-refractivity contribution >= 4 is 0 Å². The third-order valence-corrected chi connectivity index (χ3v) is 4.64. The van der Waals surface area contributed by atoms with Crippen LogP contribution >= 0.6 is 0 Å². The molecule has 3 aromatic rings. The number of nitrogens with zero attached hydrogens (tertiary/aromatic N) is 7. The molecule has 0 radical (unpaired) electrons. The first-order chi connectivity index (χ1) is 12.7. The molecule has 0 amide bonds. The lowest BCUT2D eigenvalue weighted by molar-refractivity contribution is 0.0812. The van der Waals surface area contributed by atoms with E-state index in [1.807, 2.05) is 47.9 Å². The van der Waals surface area contributed by atoms with E-state index in [0.29, 0.717) is 13.2 Å². The first-order valence-electron chi connectivity index (χ1n) is 8.75. The van der Waals surface area contributed by atoms with Crippen LogP contribution in [0.5, 0.6) is 0 Å². The Bertz CT molecular complexity index is 858. The number of hydrogen-bond donors (Lipinski definition) is 0. The second-order valence-electron chi connectivity index (χ2n) is 6.77. The number of fused-ring (bicyclic) bond motifs is 1. The molecule has 0 spiro atoms. The van der Waals surface area contributed by atoms with Gasteiger partial charge in [0.2, 0.25) is 0 Å². The summed E-state index contributed by atoms with van der Waals surface area (Å²) in [4.78, 5) is 6.69. The third-order valence-electron chi connectivity index (χ3n) is 4.64. The van der Waals surface area contributed by atoms with Crippen molar-refractivity contribution < 1.29 is 4.74 Å². The van der Waals surface area contributed by atoms with E-state index in [-0.39, 0.29) is 5.92 Å². The predicted octanol–water partition coefficient (Wildman–Crippen LogP) is 1.26. The van der Waals surface area contributed by atoms with Gasteiger partial charge in [-0.3, -0.25) is 19.2 Å². The number of ether oxygens (including phenoxy) is 1. The summed E-state index contributed by atoms with van der Waals surface area (Å²) in [5.41, 5.74) is 4.36. The molecule has 1 aliphatic heterocycles. The van der Waals surface area contributed by atoms with E-state index in [2.05, 4.69) is 31.5 Å². The molecule has 0 saturated heterocycles. The molecule has 0 aromatic carbocycles. The monoisotopic (exact) mass is 353 g/mol. The van der Waals surface area contributed by atoms with E-state index < -0.39 is 0 Å². The molecule has 0 N–H and O–H groups in total. The van der Waals surface area contributed by atoms with Crippen LogP contribution in [0.1, 0.15) is 28.6 Å². The molecule has 3 aromatic heterocycles. The molecule has 0 bridgehead atoms. The Morgan fingerprint density at radius 1 is 1.27 bits per heavy atom. The van der Waals surface area contributed by atoms with Crippen LogP contribution < -0.4 is 0 Å². The van der Waals surface area contributed by atoms with E-state index in [9.17, 15) is 0 Å². The standard InChI is InChI=1S/C18H23N7O/c1-23-8-14(7-20-23)9-25-10-15(18-17(11-25)21-22-24(18)2)12-26-13-16-5-3-4-6-19-16/h3-8,15H,9-13H2,1-2H3/t15-/m1/s1. The zero-order chi connectivity index (χ0) is 17.9. The normalized spacial score (nSPS) is 17.4. The minimum atomic E-state index is 0.235. The summed E-state index contributed by atoms with van der Waals surface area (Å²) in [6.45, 7) is 3.69. The van der Waals surface area contributed by atoms with Crippen molar-refractivity contribution in [3.05, 3.63) is 59.4 Å². The summed E-state index contributed by atoms with van der Waals surface area (Å²) < 4.78 is 9.68. The summed E-state index contributed by atoms with van der Waals surface area (Å²) in [6.07, 6.45) is 5.76. The van der Waals surface area contributed by atoms with Gasteiger partial charge < -0.3 is 4.74 Å². The number of aromatic nitrogens is 6. The molecule has 1 atom stereocenters. The van der Waals surface area contributed by atoms with Gasteiger partial charge in [-0.2, -0.15) is 5.10 Å². The van der Waals surface area contributed by atoms with Gasteiger partial charge in [0.1, 0.15) is 5.69 Å². The lowest BCUT2D eigenvalue weighted by Gasteiger charge is -2.31. The van der Waals surface area contributed by atoms with Gasteiger partial charge >= 0.3 is 0 Å². The smallest absolute Gasteiger partial charge is 0.100 e. The SMILES string of the molecule is Cn1cc(CN2Cc3nnn(C)c3[C@@H](COCc3ccccn3)C2)cn1. The van der Waals surface area contributed by atoms with Crippen molar-refractivity contribution in [2.75, 3.05) is 13.2 Å². The zero-order valence-electron chi connectivity index (χ0n) is 15.1. The average molecular weight is 353 g/mol. The third kappa shape index (κ3) is 3.66. The van der Waals surface area contributed by atoms with Crippen LogP contribution in [0.2, 0.25) is 0 Å². The van der Waals surface area contributed by atoms with Crippen molar-refractivity contribution in [2.45, 2.75) is 25.6 Å². The summed E-state index contributed by atoms with van der Waals surface area (Å²) in [7, 11) is 3.89. The number of pyridine rings is 1. The Balaban J connectivity index is 1.44. The molecule has 4 heterocycles. The van der Waals surface area contributed by atoms with E-state index >= 15 is 0 Å².